The van der Waals surface area contributed by atoms with Crippen molar-refractivity contribution in [2.24, 2.45) is 0 Å². The van der Waals surface area contributed by atoms with Crippen molar-refractivity contribution in [3.63, 3.8) is 0 Å². The van der Waals surface area contributed by atoms with Crippen molar-refractivity contribution in [3.05, 3.63) is 21.2 Å². The number of halogens is 1. The Morgan fingerprint density at radius 3 is 2.45 bits per heavy atom. The van der Waals surface area contributed by atoms with Crippen molar-refractivity contribution in [2.75, 3.05) is 12.3 Å². The van der Waals surface area contributed by atoms with E-state index in [9.17, 15) is 28.5 Å². The minimum Gasteiger partial charge on any atom is -0.390 e. The summed E-state index contributed by atoms with van der Waals surface area (Å²) in [6, 6.07) is 0. The number of nitrogen functional groups attached to an aromatic ring is 1. The molecule has 0 amide bonds. The van der Waals surface area contributed by atoms with E-state index in [1.54, 1.807) is 0 Å². The van der Waals surface area contributed by atoms with Crippen molar-refractivity contribution in [3.8, 4) is 0 Å². The highest BCUT2D eigenvalue weighted by molar-refractivity contribution is 9.10. The van der Waals surface area contributed by atoms with Gasteiger partial charge in [-0.3, -0.25) is 9.09 Å². The molecule has 1 aliphatic rings. The maximum absolute atomic E-state index is 11.9. The summed E-state index contributed by atoms with van der Waals surface area (Å²) in [6.07, 6.45) is -2.52. The summed E-state index contributed by atoms with van der Waals surface area (Å²) >= 11 is 3.07. The van der Waals surface area contributed by atoms with Gasteiger partial charge in [0.05, 0.1) is 17.2 Å². The molecule has 0 aromatic carbocycles. The van der Waals surface area contributed by atoms with Gasteiger partial charge in [-0.2, -0.15) is 13.6 Å². The number of aliphatic hydroxyl groups is 1. The van der Waals surface area contributed by atoms with Crippen LogP contribution >= 0.6 is 39.4 Å². The minimum atomic E-state index is -5.66. The highest BCUT2D eigenvalue weighted by Crippen LogP contribution is 2.66. The van der Waals surface area contributed by atoms with E-state index in [1.165, 1.54) is 6.20 Å². The summed E-state index contributed by atoms with van der Waals surface area (Å²) in [5, 5.41) is 10.00. The zero-order valence-corrected chi connectivity index (χ0v) is 18.2. The largest absolute Gasteiger partial charge is 0.490 e. The fourth-order valence-electron chi connectivity index (χ4n) is 2.17. The van der Waals surface area contributed by atoms with Gasteiger partial charge in [-0.15, -0.1) is 0 Å². The van der Waals surface area contributed by atoms with Crippen LogP contribution in [0.4, 0.5) is 5.82 Å². The first-order valence-corrected chi connectivity index (χ1v) is 12.6. The number of anilines is 1. The van der Waals surface area contributed by atoms with Gasteiger partial charge in [-0.25, -0.2) is 18.5 Å². The minimum absolute atomic E-state index is 0.0750. The average molecular weight is 546 g/mol. The van der Waals surface area contributed by atoms with Crippen LogP contribution in [0.1, 0.15) is 12.6 Å². The van der Waals surface area contributed by atoms with E-state index in [0.717, 1.165) is 4.57 Å². The van der Waals surface area contributed by atoms with Gasteiger partial charge in [0.25, 0.3) is 0 Å². The van der Waals surface area contributed by atoms with Gasteiger partial charge >= 0.3 is 29.2 Å². The fraction of sp³-hybridized carbons (Fsp3) is 0.556. The molecule has 0 saturated carbocycles. The van der Waals surface area contributed by atoms with Crippen molar-refractivity contribution in [2.45, 2.75) is 24.9 Å². The molecule has 1 saturated heterocycles. The van der Waals surface area contributed by atoms with E-state index in [2.05, 4.69) is 34.1 Å². The zero-order chi connectivity index (χ0) is 22.2. The third-order valence-corrected chi connectivity index (χ3v) is 7.68. The van der Waals surface area contributed by atoms with Crippen LogP contribution in [0.2, 0.25) is 0 Å². The standard InChI is InChI=1S/C9H15BrN3O13P3/c10-4-2-13(9(15)12-8(4)11)7-1-5(14)6(24-7)3-23-28(19,20)26-29(21,22)25-27(16,17)18/h2,5-7,14H,1,3H2,(H,19,20)(H,21,22)(H2,11,12,15)(H2,16,17,18). The Hall–Kier alpha value is -0.510. The van der Waals surface area contributed by atoms with Crippen LogP contribution in [0.3, 0.4) is 0 Å². The maximum Gasteiger partial charge on any atom is 0.490 e. The summed E-state index contributed by atoms with van der Waals surface area (Å²) < 4.78 is 51.6. The smallest absolute Gasteiger partial charge is 0.390 e. The molecule has 16 nitrogen and oxygen atoms in total. The van der Waals surface area contributed by atoms with Crippen molar-refractivity contribution in [1.82, 2.24) is 9.55 Å². The van der Waals surface area contributed by atoms with Crippen molar-refractivity contribution < 1.29 is 56.3 Å². The van der Waals surface area contributed by atoms with Crippen LogP contribution in [0, 0.1) is 0 Å². The molecule has 1 aliphatic heterocycles. The molecule has 0 radical (unpaired) electrons. The molecular weight excluding hydrogens is 531 g/mol. The van der Waals surface area contributed by atoms with E-state index >= 15 is 0 Å². The SMILES string of the molecule is Nc1nc(=O)n(C2CC(O)C(COP(=O)(O)OP(=O)(O)OP(=O)(O)O)O2)cc1Br. The molecule has 5 atom stereocenters. The number of rotatable bonds is 8. The summed E-state index contributed by atoms with van der Waals surface area (Å²) in [7, 11) is -16.6. The van der Waals surface area contributed by atoms with Gasteiger partial charge in [0.1, 0.15) is 18.1 Å². The zero-order valence-electron chi connectivity index (χ0n) is 13.9. The molecule has 0 spiro atoms. The lowest BCUT2D eigenvalue weighted by Crippen LogP contribution is -2.28. The number of nitrogens with zero attached hydrogens (tertiary/aromatic N) is 2. The van der Waals surface area contributed by atoms with Gasteiger partial charge in [0.2, 0.25) is 0 Å². The first-order chi connectivity index (χ1) is 13.1. The summed E-state index contributed by atoms with van der Waals surface area (Å²) in [4.78, 5) is 50.8. The Bertz CT molecular complexity index is 965. The second-order valence-electron chi connectivity index (χ2n) is 5.48. The highest BCUT2D eigenvalue weighted by atomic mass is 79.9. The molecule has 29 heavy (non-hydrogen) atoms. The van der Waals surface area contributed by atoms with Crippen LogP contribution in [-0.4, -0.2) is 53.0 Å². The Balaban J connectivity index is 2.02. The number of ether oxygens (including phenoxy) is 1. The van der Waals surface area contributed by atoms with Gasteiger partial charge in [0.15, 0.2) is 0 Å². The normalized spacial score (nSPS) is 26.8. The van der Waals surface area contributed by atoms with Gasteiger partial charge in [0, 0.05) is 12.6 Å². The lowest BCUT2D eigenvalue weighted by molar-refractivity contribution is -0.0450. The second kappa shape index (κ2) is 8.93. The third-order valence-electron chi connectivity index (χ3n) is 3.27. The molecule has 2 rings (SSSR count). The number of hydrogen-bond donors (Lipinski definition) is 6. The number of nitrogens with two attached hydrogens (primary N) is 1. The first-order valence-electron chi connectivity index (χ1n) is 7.24. The third kappa shape index (κ3) is 7.29. The predicted molar refractivity (Wildman–Crippen MR) is 95.0 cm³/mol. The maximum atomic E-state index is 11.9. The number of aliphatic hydroxyl groups excluding tert-OH is 1. The lowest BCUT2D eigenvalue weighted by atomic mass is 10.2. The quantitative estimate of drug-likeness (QED) is 0.227. The van der Waals surface area contributed by atoms with E-state index in [1.807, 2.05) is 0 Å². The molecule has 5 unspecified atom stereocenters. The van der Waals surface area contributed by atoms with E-state index in [0.29, 0.717) is 0 Å². The van der Waals surface area contributed by atoms with Crippen molar-refractivity contribution >= 4 is 45.2 Å². The molecule has 0 aliphatic carbocycles. The summed E-state index contributed by atoms with van der Waals surface area (Å²) in [5.74, 6) is -0.0750. The number of phosphoric ester groups is 1. The Kier molecular flexibility index (Phi) is 7.62. The van der Waals surface area contributed by atoms with E-state index in [-0.39, 0.29) is 16.7 Å². The van der Waals surface area contributed by atoms with Crippen LogP contribution in [0.15, 0.2) is 15.5 Å². The summed E-state index contributed by atoms with van der Waals surface area (Å²) in [6.45, 7) is -0.861. The fourth-order valence-corrected chi connectivity index (χ4v) is 5.51. The van der Waals surface area contributed by atoms with Crippen LogP contribution in [0.25, 0.3) is 0 Å². The average Bonchev–Trinajstić information content (AvgIpc) is 2.86. The van der Waals surface area contributed by atoms with Crippen LogP contribution in [-0.2, 0) is 31.6 Å². The van der Waals surface area contributed by atoms with Gasteiger partial charge in [-0.1, -0.05) is 0 Å². The van der Waals surface area contributed by atoms with Gasteiger partial charge < -0.3 is 35.2 Å². The lowest BCUT2D eigenvalue weighted by Gasteiger charge is -2.19. The Morgan fingerprint density at radius 2 is 1.86 bits per heavy atom. The van der Waals surface area contributed by atoms with Crippen molar-refractivity contribution in [1.29, 1.82) is 0 Å². The molecule has 20 heteroatoms. The first kappa shape index (κ1) is 24.8. The molecule has 1 aromatic rings. The second-order valence-corrected chi connectivity index (χ2v) is 10.8. The van der Waals surface area contributed by atoms with E-state index < -0.39 is 54.2 Å². The monoisotopic (exact) mass is 545 g/mol. The van der Waals surface area contributed by atoms with Crippen LogP contribution in [0.5, 0.6) is 0 Å². The van der Waals surface area contributed by atoms with Crippen LogP contribution < -0.4 is 11.4 Å². The molecule has 1 fully saturated rings. The molecule has 166 valence electrons. The topological polar surface area (TPSA) is 250 Å². The Labute approximate surface area is 169 Å². The molecule has 0 bridgehead atoms. The molecule has 1 aromatic heterocycles. The molecule has 7 N–H and O–H groups in total. The predicted octanol–water partition coefficient (Wildman–Crippen LogP) is -0.420. The number of phosphoric acid groups is 3. The Morgan fingerprint density at radius 1 is 1.24 bits per heavy atom. The van der Waals surface area contributed by atoms with Gasteiger partial charge in [-0.05, 0) is 15.9 Å². The summed E-state index contributed by atoms with van der Waals surface area (Å²) in [5.41, 5.74) is 4.68. The molecular formula is C9H15BrN3O13P3. The van der Waals surface area contributed by atoms with E-state index in [4.69, 9.17) is 25.2 Å². The number of hydrogen-bond acceptors (Lipinski definition) is 11. The highest BCUT2D eigenvalue weighted by Gasteiger charge is 2.43. The number of aromatic nitrogens is 2. The molecule has 2 heterocycles.